The Kier molecular flexibility index (Phi) is 4.62. The Morgan fingerprint density at radius 2 is 2.18 bits per heavy atom. The van der Waals surface area contributed by atoms with Gasteiger partial charge in [0, 0.05) is 6.54 Å². The fourth-order valence-corrected chi connectivity index (χ4v) is 3.65. The van der Waals surface area contributed by atoms with Crippen molar-refractivity contribution in [1.82, 2.24) is 10.6 Å². The van der Waals surface area contributed by atoms with E-state index in [0.717, 1.165) is 43.2 Å². The average Bonchev–Trinajstić information content (AvgIpc) is 2.90. The van der Waals surface area contributed by atoms with Crippen LogP contribution >= 0.6 is 0 Å². The molecule has 2 aliphatic carbocycles. The van der Waals surface area contributed by atoms with Crippen molar-refractivity contribution in [2.45, 2.75) is 50.7 Å². The largest absolute Gasteiger partial charge is 0.393 e. The smallest absolute Gasteiger partial charge is 0.315 e. The lowest BCUT2D eigenvalue weighted by molar-refractivity contribution is 0.101. The van der Waals surface area contributed by atoms with Gasteiger partial charge in [-0.1, -0.05) is 18.6 Å². The van der Waals surface area contributed by atoms with Crippen LogP contribution in [-0.2, 0) is 6.42 Å². The third kappa shape index (κ3) is 3.40. The Balaban J connectivity index is 1.50. The van der Waals surface area contributed by atoms with Gasteiger partial charge in [0.2, 0.25) is 0 Å². The highest BCUT2D eigenvalue weighted by Gasteiger charge is 2.26. The molecule has 0 spiro atoms. The Labute approximate surface area is 130 Å². The average molecular weight is 306 g/mol. The van der Waals surface area contributed by atoms with Crippen molar-refractivity contribution < 1.29 is 14.3 Å². The van der Waals surface area contributed by atoms with Gasteiger partial charge in [0.25, 0.3) is 0 Å². The Bertz CT molecular complexity index is 549. The summed E-state index contributed by atoms with van der Waals surface area (Å²) in [6.07, 6.45) is 4.88. The molecular weight excluding hydrogens is 283 g/mol. The van der Waals surface area contributed by atoms with Crippen LogP contribution in [0.25, 0.3) is 0 Å². The normalized spacial score (nSPS) is 27.3. The number of halogens is 1. The van der Waals surface area contributed by atoms with Crippen molar-refractivity contribution in [1.29, 1.82) is 0 Å². The Morgan fingerprint density at radius 1 is 1.32 bits per heavy atom. The number of carbonyl (C=O) groups excluding carboxylic acids is 1. The number of urea groups is 1. The van der Waals surface area contributed by atoms with E-state index in [4.69, 9.17) is 0 Å². The van der Waals surface area contributed by atoms with Gasteiger partial charge in [0.15, 0.2) is 0 Å². The molecule has 1 aromatic rings. The van der Waals surface area contributed by atoms with Gasteiger partial charge >= 0.3 is 6.03 Å². The lowest BCUT2D eigenvalue weighted by Gasteiger charge is -2.26. The van der Waals surface area contributed by atoms with Gasteiger partial charge in [-0.3, -0.25) is 0 Å². The molecule has 3 N–H and O–H groups in total. The van der Waals surface area contributed by atoms with Crippen LogP contribution in [0.2, 0.25) is 0 Å². The molecule has 0 bridgehead atoms. The van der Waals surface area contributed by atoms with Crippen LogP contribution in [-0.4, -0.2) is 23.8 Å². The van der Waals surface area contributed by atoms with Gasteiger partial charge in [0.05, 0.1) is 12.1 Å². The quantitative estimate of drug-likeness (QED) is 0.804. The maximum Gasteiger partial charge on any atom is 0.315 e. The number of carbonyl (C=O) groups is 1. The van der Waals surface area contributed by atoms with Crippen LogP contribution in [0.5, 0.6) is 0 Å². The van der Waals surface area contributed by atoms with Gasteiger partial charge in [0.1, 0.15) is 5.82 Å². The summed E-state index contributed by atoms with van der Waals surface area (Å²) < 4.78 is 13.7. The molecule has 2 amide bonds. The third-order valence-electron chi connectivity index (χ3n) is 4.83. The molecule has 1 saturated carbocycles. The van der Waals surface area contributed by atoms with Crippen LogP contribution in [0.4, 0.5) is 9.18 Å². The molecule has 3 unspecified atom stereocenters. The number of fused-ring (bicyclic) bond motifs is 1. The van der Waals surface area contributed by atoms with Crippen LogP contribution in [0.3, 0.4) is 0 Å². The zero-order valence-electron chi connectivity index (χ0n) is 12.6. The van der Waals surface area contributed by atoms with Gasteiger partial charge in [-0.05, 0) is 55.2 Å². The summed E-state index contributed by atoms with van der Waals surface area (Å²) in [6.45, 7) is 0.589. The number of aliphatic hydroxyl groups excluding tert-OH is 1. The number of aliphatic hydroxyl groups is 1. The zero-order chi connectivity index (χ0) is 15.5. The highest BCUT2D eigenvalue weighted by molar-refractivity contribution is 5.74. The maximum absolute atomic E-state index is 13.7. The summed E-state index contributed by atoms with van der Waals surface area (Å²) in [5, 5.41) is 15.5. The van der Waals surface area contributed by atoms with E-state index in [1.807, 2.05) is 6.07 Å². The second-order valence-corrected chi connectivity index (χ2v) is 6.44. The molecule has 0 aliphatic heterocycles. The standard InChI is InChI=1S/C17H23FN2O2/c18-15-6-2-5-14-13(15)7-8-16(14)20-17(22)19-10-11-3-1-4-12(21)9-11/h2,5-6,11-12,16,21H,1,3-4,7-10H2,(H2,19,20,22). The summed E-state index contributed by atoms with van der Waals surface area (Å²) in [5.74, 6) is 0.168. The van der Waals surface area contributed by atoms with Gasteiger partial charge in [-0.25, -0.2) is 9.18 Å². The maximum atomic E-state index is 13.7. The van der Waals surface area contributed by atoms with E-state index in [1.54, 1.807) is 6.07 Å². The Hall–Kier alpha value is -1.62. The van der Waals surface area contributed by atoms with Crippen LogP contribution in [0, 0.1) is 11.7 Å². The SMILES string of the molecule is O=C(NCC1CCCC(O)C1)NC1CCc2c(F)cccc21. The number of hydrogen-bond acceptors (Lipinski definition) is 2. The van der Waals surface area contributed by atoms with Gasteiger partial charge < -0.3 is 15.7 Å². The summed E-state index contributed by atoms with van der Waals surface area (Å²) in [6, 6.07) is 4.73. The highest BCUT2D eigenvalue weighted by Crippen LogP contribution is 2.32. The first-order valence-electron chi connectivity index (χ1n) is 8.13. The fraction of sp³-hybridized carbons (Fsp3) is 0.588. The van der Waals surface area contributed by atoms with E-state index in [9.17, 15) is 14.3 Å². The number of rotatable bonds is 3. The van der Waals surface area contributed by atoms with E-state index in [1.165, 1.54) is 6.07 Å². The fourth-order valence-electron chi connectivity index (χ4n) is 3.65. The first-order chi connectivity index (χ1) is 10.6. The minimum atomic E-state index is -0.228. The van der Waals surface area contributed by atoms with Crippen LogP contribution < -0.4 is 10.6 Å². The summed E-state index contributed by atoms with van der Waals surface area (Å²) in [7, 11) is 0. The zero-order valence-corrected chi connectivity index (χ0v) is 12.6. The van der Waals surface area contributed by atoms with Crippen LogP contribution in [0.1, 0.15) is 49.3 Å². The molecule has 120 valence electrons. The summed E-state index contributed by atoms with van der Waals surface area (Å²) in [4.78, 5) is 12.0. The number of benzene rings is 1. The number of hydrogen-bond donors (Lipinski definition) is 3. The van der Waals surface area contributed by atoms with E-state index in [-0.39, 0.29) is 24.0 Å². The third-order valence-corrected chi connectivity index (χ3v) is 4.83. The Morgan fingerprint density at radius 3 is 3.00 bits per heavy atom. The summed E-state index contributed by atoms with van der Waals surface area (Å²) in [5.41, 5.74) is 1.62. The molecule has 1 aromatic carbocycles. The van der Waals surface area contributed by atoms with Crippen molar-refractivity contribution in [2.75, 3.05) is 6.54 Å². The van der Waals surface area contributed by atoms with Crippen molar-refractivity contribution in [3.63, 3.8) is 0 Å². The molecule has 2 aliphatic rings. The number of nitrogens with one attached hydrogen (secondary N) is 2. The molecule has 1 fully saturated rings. The molecule has 0 aromatic heterocycles. The molecule has 0 heterocycles. The lowest BCUT2D eigenvalue weighted by atomic mass is 9.87. The van der Waals surface area contributed by atoms with Gasteiger partial charge in [-0.2, -0.15) is 0 Å². The first-order valence-corrected chi connectivity index (χ1v) is 8.13. The highest BCUT2D eigenvalue weighted by atomic mass is 19.1. The number of amides is 2. The van der Waals surface area contributed by atoms with Crippen LogP contribution in [0.15, 0.2) is 18.2 Å². The summed E-state index contributed by atoms with van der Waals surface area (Å²) >= 11 is 0. The van der Waals surface area contributed by atoms with E-state index < -0.39 is 0 Å². The lowest BCUT2D eigenvalue weighted by Crippen LogP contribution is -2.40. The molecule has 22 heavy (non-hydrogen) atoms. The molecule has 0 saturated heterocycles. The van der Waals surface area contributed by atoms with E-state index >= 15 is 0 Å². The first kappa shape index (κ1) is 15.3. The van der Waals surface area contributed by atoms with Crippen molar-refractivity contribution in [2.24, 2.45) is 5.92 Å². The van der Waals surface area contributed by atoms with Crippen molar-refractivity contribution >= 4 is 6.03 Å². The monoisotopic (exact) mass is 306 g/mol. The molecule has 3 atom stereocenters. The minimum Gasteiger partial charge on any atom is -0.393 e. The van der Waals surface area contributed by atoms with Crippen molar-refractivity contribution in [3.8, 4) is 0 Å². The minimum absolute atomic E-state index is 0.109. The molecule has 5 heteroatoms. The predicted molar refractivity (Wildman–Crippen MR) is 82.0 cm³/mol. The topological polar surface area (TPSA) is 61.4 Å². The second kappa shape index (κ2) is 6.65. The molecule has 4 nitrogen and oxygen atoms in total. The van der Waals surface area contributed by atoms with E-state index in [0.29, 0.717) is 18.9 Å². The van der Waals surface area contributed by atoms with Gasteiger partial charge in [-0.15, -0.1) is 0 Å². The molecule has 0 radical (unpaired) electrons. The van der Waals surface area contributed by atoms with Crippen molar-refractivity contribution in [3.05, 3.63) is 35.1 Å². The molecule has 3 rings (SSSR count). The van der Waals surface area contributed by atoms with E-state index in [2.05, 4.69) is 10.6 Å². The second-order valence-electron chi connectivity index (χ2n) is 6.44. The predicted octanol–water partition coefficient (Wildman–Crippen LogP) is 2.66. The molecular formula is C17H23FN2O2.